The van der Waals surface area contributed by atoms with Gasteiger partial charge < -0.3 is 24.4 Å². The Morgan fingerprint density at radius 1 is 1.12 bits per heavy atom. The van der Waals surface area contributed by atoms with Crippen molar-refractivity contribution in [2.45, 2.75) is 26.3 Å². The predicted octanol–water partition coefficient (Wildman–Crippen LogP) is 3.78. The Kier molecular flexibility index (Phi) is 7.76. The van der Waals surface area contributed by atoms with E-state index in [0.29, 0.717) is 36.6 Å². The summed E-state index contributed by atoms with van der Waals surface area (Å²) >= 11 is 0. The van der Waals surface area contributed by atoms with E-state index in [1.807, 2.05) is 51.0 Å². The average molecular weight is 453 g/mol. The van der Waals surface area contributed by atoms with Crippen LogP contribution in [0.3, 0.4) is 0 Å². The number of likely N-dealkylation sites (N-methyl/N-ethyl adjacent to an activating group) is 1. The summed E-state index contributed by atoms with van der Waals surface area (Å²) in [6.07, 6.45) is 0.885. The van der Waals surface area contributed by atoms with Gasteiger partial charge in [-0.25, -0.2) is 0 Å². The standard InChI is InChI=1S/C26H32N2O5/c1-6-15-33-20-12-11-18(16-17(20)2)24(29)22-23(19-9-7-8-10-21(19)32-5)28(14-13-27(3)4)26(31)25(22)30/h7-12,16,23,29H,6,13-15H2,1-5H3/b24-22+. The number of aliphatic hydroxyl groups excluding tert-OH is 1. The van der Waals surface area contributed by atoms with E-state index in [-0.39, 0.29) is 11.3 Å². The van der Waals surface area contributed by atoms with E-state index in [1.165, 1.54) is 4.90 Å². The summed E-state index contributed by atoms with van der Waals surface area (Å²) in [7, 11) is 5.35. The Morgan fingerprint density at radius 3 is 2.48 bits per heavy atom. The maximum atomic E-state index is 13.2. The topological polar surface area (TPSA) is 79.3 Å². The minimum Gasteiger partial charge on any atom is -0.507 e. The van der Waals surface area contributed by atoms with Gasteiger partial charge in [0.2, 0.25) is 0 Å². The highest BCUT2D eigenvalue weighted by Gasteiger charge is 2.46. The molecule has 3 rings (SSSR count). The number of aliphatic hydroxyl groups is 1. The van der Waals surface area contributed by atoms with E-state index in [4.69, 9.17) is 9.47 Å². The van der Waals surface area contributed by atoms with Gasteiger partial charge >= 0.3 is 0 Å². The number of nitrogens with zero attached hydrogens (tertiary/aromatic N) is 2. The van der Waals surface area contributed by atoms with Crippen molar-refractivity contribution in [1.29, 1.82) is 0 Å². The number of rotatable bonds is 9. The molecule has 2 aromatic rings. The molecule has 33 heavy (non-hydrogen) atoms. The summed E-state index contributed by atoms with van der Waals surface area (Å²) in [5, 5.41) is 11.3. The van der Waals surface area contributed by atoms with Crippen LogP contribution in [0, 0.1) is 6.92 Å². The molecule has 1 aliphatic rings. The van der Waals surface area contributed by atoms with Gasteiger partial charge in [0.15, 0.2) is 0 Å². The first-order valence-corrected chi connectivity index (χ1v) is 11.1. The summed E-state index contributed by atoms with van der Waals surface area (Å²) in [5.74, 6) is -0.271. The fourth-order valence-corrected chi connectivity index (χ4v) is 3.96. The maximum absolute atomic E-state index is 13.2. The first-order chi connectivity index (χ1) is 15.8. The smallest absolute Gasteiger partial charge is 0.295 e. The number of methoxy groups -OCH3 is 1. The third kappa shape index (κ3) is 5.03. The molecule has 1 fully saturated rings. The SMILES string of the molecule is CCCOc1ccc(/C(O)=C2\C(=O)C(=O)N(CCN(C)C)C2c2ccccc2OC)cc1C. The number of carbonyl (C=O) groups is 2. The van der Waals surface area contributed by atoms with Crippen molar-refractivity contribution >= 4 is 17.4 Å². The van der Waals surface area contributed by atoms with Crippen LogP contribution in [0.2, 0.25) is 0 Å². The van der Waals surface area contributed by atoms with Crippen molar-refractivity contribution in [3.8, 4) is 11.5 Å². The number of ether oxygens (including phenoxy) is 2. The molecule has 176 valence electrons. The zero-order valence-electron chi connectivity index (χ0n) is 19.9. The first-order valence-electron chi connectivity index (χ1n) is 11.1. The lowest BCUT2D eigenvalue weighted by Crippen LogP contribution is -2.35. The Balaban J connectivity index is 2.14. The largest absolute Gasteiger partial charge is 0.507 e. The number of hydrogen-bond donors (Lipinski definition) is 1. The highest BCUT2D eigenvalue weighted by molar-refractivity contribution is 6.46. The lowest BCUT2D eigenvalue weighted by atomic mass is 9.94. The van der Waals surface area contributed by atoms with Gasteiger partial charge in [-0.05, 0) is 57.3 Å². The van der Waals surface area contributed by atoms with E-state index in [0.717, 1.165) is 17.7 Å². The van der Waals surface area contributed by atoms with Gasteiger partial charge in [0, 0.05) is 24.2 Å². The Hall–Kier alpha value is -3.32. The Labute approximate surface area is 195 Å². The van der Waals surface area contributed by atoms with E-state index in [1.54, 1.807) is 31.4 Å². The lowest BCUT2D eigenvalue weighted by Gasteiger charge is -2.27. The molecule has 1 aliphatic heterocycles. The van der Waals surface area contributed by atoms with Crippen LogP contribution >= 0.6 is 0 Å². The van der Waals surface area contributed by atoms with Crippen LogP contribution in [-0.4, -0.2) is 67.5 Å². The van der Waals surface area contributed by atoms with Crippen LogP contribution in [0.5, 0.6) is 11.5 Å². The monoisotopic (exact) mass is 452 g/mol. The summed E-state index contributed by atoms with van der Waals surface area (Å²) in [4.78, 5) is 29.7. The third-order valence-electron chi connectivity index (χ3n) is 5.67. The molecule has 1 amide bonds. The van der Waals surface area contributed by atoms with Gasteiger partial charge in [-0.15, -0.1) is 0 Å². The number of para-hydroxylation sites is 1. The molecule has 2 aromatic carbocycles. The van der Waals surface area contributed by atoms with E-state index < -0.39 is 17.7 Å². The van der Waals surface area contributed by atoms with Crippen LogP contribution in [-0.2, 0) is 9.59 Å². The fourth-order valence-electron chi connectivity index (χ4n) is 3.96. The number of hydrogen-bond acceptors (Lipinski definition) is 6. The number of aryl methyl sites for hydroxylation is 1. The van der Waals surface area contributed by atoms with Gasteiger partial charge in [0.25, 0.3) is 11.7 Å². The molecule has 0 spiro atoms. The molecule has 7 heteroatoms. The molecule has 0 aliphatic carbocycles. The minimum atomic E-state index is -0.752. The Bertz CT molecular complexity index is 1060. The molecule has 1 unspecified atom stereocenters. The van der Waals surface area contributed by atoms with Gasteiger partial charge in [-0.3, -0.25) is 9.59 Å². The second-order valence-corrected chi connectivity index (χ2v) is 8.37. The first kappa shape index (κ1) is 24.3. The average Bonchev–Trinajstić information content (AvgIpc) is 3.06. The third-order valence-corrected chi connectivity index (χ3v) is 5.67. The Morgan fingerprint density at radius 2 is 1.85 bits per heavy atom. The number of amides is 1. The van der Waals surface area contributed by atoms with Crippen molar-refractivity contribution in [1.82, 2.24) is 9.80 Å². The molecule has 1 heterocycles. The second kappa shape index (κ2) is 10.5. The zero-order valence-corrected chi connectivity index (χ0v) is 19.9. The van der Waals surface area contributed by atoms with Crippen molar-refractivity contribution < 1.29 is 24.2 Å². The molecule has 1 N–H and O–H groups in total. The quantitative estimate of drug-likeness (QED) is 0.354. The molecule has 7 nitrogen and oxygen atoms in total. The summed E-state index contributed by atoms with van der Waals surface area (Å²) in [6.45, 7) is 5.41. The molecule has 0 radical (unpaired) electrons. The summed E-state index contributed by atoms with van der Waals surface area (Å²) < 4.78 is 11.3. The van der Waals surface area contributed by atoms with Crippen LogP contribution in [0.25, 0.3) is 5.76 Å². The molecular weight excluding hydrogens is 420 g/mol. The maximum Gasteiger partial charge on any atom is 0.295 e. The van der Waals surface area contributed by atoms with Gasteiger partial charge in [0.05, 0.1) is 25.3 Å². The number of benzene rings is 2. The van der Waals surface area contributed by atoms with E-state index >= 15 is 0 Å². The van der Waals surface area contributed by atoms with Crippen LogP contribution in [0.4, 0.5) is 0 Å². The molecular formula is C26H32N2O5. The lowest BCUT2D eigenvalue weighted by molar-refractivity contribution is -0.140. The van der Waals surface area contributed by atoms with Gasteiger partial charge in [-0.2, -0.15) is 0 Å². The van der Waals surface area contributed by atoms with Crippen LogP contribution in [0.15, 0.2) is 48.0 Å². The van der Waals surface area contributed by atoms with Crippen LogP contribution in [0.1, 0.15) is 36.1 Å². The van der Waals surface area contributed by atoms with Crippen molar-refractivity contribution in [3.05, 3.63) is 64.7 Å². The molecule has 0 bridgehead atoms. The van der Waals surface area contributed by atoms with Crippen molar-refractivity contribution in [2.75, 3.05) is 40.9 Å². The number of ketones is 1. The van der Waals surface area contributed by atoms with E-state index in [9.17, 15) is 14.7 Å². The number of carbonyl (C=O) groups excluding carboxylic acids is 2. The van der Waals surface area contributed by atoms with Gasteiger partial charge in [0.1, 0.15) is 17.3 Å². The van der Waals surface area contributed by atoms with Gasteiger partial charge in [-0.1, -0.05) is 25.1 Å². The number of likely N-dealkylation sites (tertiary alicyclic amines) is 1. The van der Waals surface area contributed by atoms with Crippen molar-refractivity contribution in [3.63, 3.8) is 0 Å². The fraction of sp³-hybridized carbons (Fsp3) is 0.385. The molecule has 1 atom stereocenters. The number of Topliss-reactive ketones (excluding diaryl/α,β-unsaturated/α-hetero) is 1. The van der Waals surface area contributed by atoms with Crippen LogP contribution < -0.4 is 9.47 Å². The minimum absolute atomic E-state index is 0.0601. The molecule has 0 saturated carbocycles. The normalized spacial score (nSPS) is 17.6. The van der Waals surface area contributed by atoms with E-state index in [2.05, 4.69) is 0 Å². The highest BCUT2D eigenvalue weighted by Crippen LogP contribution is 2.42. The summed E-state index contributed by atoms with van der Waals surface area (Å²) in [5.41, 5.74) is 2.01. The second-order valence-electron chi connectivity index (χ2n) is 8.37. The summed E-state index contributed by atoms with van der Waals surface area (Å²) in [6, 6.07) is 11.8. The molecule has 0 aromatic heterocycles. The van der Waals surface area contributed by atoms with Crippen molar-refractivity contribution in [2.24, 2.45) is 0 Å². The molecule has 1 saturated heterocycles. The zero-order chi connectivity index (χ0) is 24.1. The predicted molar refractivity (Wildman–Crippen MR) is 128 cm³/mol. The highest BCUT2D eigenvalue weighted by atomic mass is 16.5.